The third kappa shape index (κ3) is 12.0. The van der Waals surface area contributed by atoms with Crippen LogP contribution in [0.25, 0.3) is 38.5 Å². The summed E-state index contributed by atoms with van der Waals surface area (Å²) >= 11 is 3.20. The van der Waals surface area contributed by atoms with Crippen molar-refractivity contribution < 1.29 is 81.9 Å². The summed E-state index contributed by atoms with van der Waals surface area (Å²) in [5.74, 6) is -0.897. The molecule has 13 heteroatoms. The standard InChI is InChI=1S/C44H40N2O6S4.K/c47-55(48,49)28-10-26-45-39-31-37(35-14-6-2-7-15-35)20-22-41(39)53-43(45)24-18-34(30-33-12-4-1-5-13-33)19-25-44-46(27-11-29-56(50,51)52)40-32-38(21-23-42(40)54-44)36-16-8-3-9-17-36;/h1-9,12-25,31-32H,10-11,26-30H2,(H-,47,48,49,50,51,52);/q;+1/p-1. The van der Waals surface area contributed by atoms with E-state index in [1.807, 2.05) is 91.0 Å². The summed E-state index contributed by atoms with van der Waals surface area (Å²) < 4.78 is 72.5. The fraction of sp³-hybridized carbons (Fsp3) is 0.159. The first kappa shape index (κ1) is 43.4. The predicted molar refractivity (Wildman–Crippen MR) is 226 cm³/mol. The van der Waals surface area contributed by atoms with Crippen molar-refractivity contribution in [1.82, 2.24) is 0 Å². The Hall–Kier alpha value is -3.18. The number of anilines is 1. The summed E-state index contributed by atoms with van der Waals surface area (Å²) in [5.41, 5.74) is 8.25. The van der Waals surface area contributed by atoms with Gasteiger partial charge in [-0.2, -0.15) is 4.57 Å². The molecule has 0 saturated carbocycles. The zero-order valence-corrected chi connectivity index (χ0v) is 37.7. The third-order valence-electron chi connectivity index (χ3n) is 9.36. The van der Waals surface area contributed by atoms with Gasteiger partial charge in [0.05, 0.1) is 31.0 Å². The second-order valence-electron chi connectivity index (χ2n) is 13.4. The number of thiazole rings is 1. The van der Waals surface area contributed by atoms with Crippen molar-refractivity contribution in [3.8, 4) is 22.3 Å². The van der Waals surface area contributed by atoms with E-state index in [4.69, 9.17) is 0 Å². The first-order chi connectivity index (χ1) is 27.0. The van der Waals surface area contributed by atoms with Crippen LogP contribution in [0, 0.1) is 0 Å². The molecule has 8 nitrogen and oxygen atoms in total. The van der Waals surface area contributed by atoms with Crippen molar-refractivity contribution in [2.45, 2.75) is 30.7 Å². The second-order valence-corrected chi connectivity index (χ2v) is 18.6. The number of benzene rings is 5. The van der Waals surface area contributed by atoms with Crippen molar-refractivity contribution >= 4 is 65.3 Å². The Morgan fingerprint density at radius 1 is 0.702 bits per heavy atom. The molecule has 0 unspecified atom stereocenters. The average Bonchev–Trinajstić information content (AvgIpc) is 3.72. The molecular formula is C44H39KN2O6S4. The molecule has 7 rings (SSSR count). The Kier molecular flexibility index (Phi) is 15.0. The van der Waals surface area contributed by atoms with Gasteiger partial charge in [0.15, 0.2) is 6.54 Å². The van der Waals surface area contributed by atoms with Crippen molar-refractivity contribution in [3.05, 3.63) is 167 Å². The fourth-order valence-electron chi connectivity index (χ4n) is 6.69. The summed E-state index contributed by atoms with van der Waals surface area (Å²) in [4.78, 5) is 3.13. The minimum absolute atomic E-state index is 0. The molecule has 0 saturated heterocycles. The Morgan fingerprint density at radius 2 is 1.30 bits per heavy atom. The number of thioether (sulfide) groups is 1. The summed E-state index contributed by atoms with van der Waals surface area (Å²) in [5, 5.41) is 1.83. The zero-order valence-electron chi connectivity index (χ0n) is 31.4. The number of rotatable bonds is 15. The maximum atomic E-state index is 11.6. The van der Waals surface area contributed by atoms with Crippen LogP contribution in [0.15, 0.2) is 161 Å². The van der Waals surface area contributed by atoms with Crippen LogP contribution in [-0.2, 0) is 33.2 Å². The van der Waals surface area contributed by atoms with E-state index in [1.54, 1.807) is 23.1 Å². The van der Waals surface area contributed by atoms with E-state index in [1.165, 1.54) is 0 Å². The molecule has 1 aliphatic heterocycles. The Labute approximate surface area is 385 Å². The summed E-state index contributed by atoms with van der Waals surface area (Å²) in [6.45, 7) is 0.712. The number of hydrogen-bond acceptors (Lipinski definition) is 9. The van der Waals surface area contributed by atoms with Gasteiger partial charge in [0.1, 0.15) is 4.70 Å². The molecule has 2 heterocycles. The molecule has 1 aromatic heterocycles. The first-order valence-corrected chi connectivity index (χ1v) is 22.9. The fourth-order valence-corrected chi connectivity index (χ4v) is 9.80. The molecule has 0 aliphatic carbocycles. The number of nitrogens with zero attached hydrogens (tertiary/aromatic N) is 2. The van der Waals surface area contributed by atoms with Gasteiger partial charge in [-0.15, -0.1) is 0 Å². The van der Waals surface area contributed by atoms with E-state index < -0.39 is 31.7 Å². The van der Waals surface area contributed by atoms with Crippen LogP contribution in [0.5, 0.6) is 0 Å². The van der Waals surface area contributed by atoms with Gasteiger partial charge in [0.2, 0.25) is 5.52 Å². The molecule has 57 heavy (non-hydrogen) atoms. The molecule has 0 spiro atoms. The van der Waals surface area contributed by atoms with Crippen molar-refractivity contribution in [2.24, 2.45) is 0 Å². The van der Waals surface area contributed by atoms with Crippen LogP contribution in [0.4, 0.5) is 5.69 Å². The maximum Gasteiger partial charge on any atom is 1.00 e. The molecule has 0 radical (unpaired) electrons. The van der Waals surface area contributed by atoms with Gasteiger partial charge in [0, 0.05) is 41.5 Å². The molecular weight excluding hydrogens is 820 g/mol. The number of aromatic nitrogens is 1. The van der Waals surface area contributed by atoms with Gasteiger partial charge in [-0.05, 0) is 70.5 Å². The van der Waals surface area contributed by atoms with Crippen LogP contribution in [0.1, 0.15) is 23.4 Å². The molecule has 0 bridgehead atoms. The predicted octanol–water partition coefficient (Wildman–Crippen LogP) is 6.03. The van der Waals surface area contributed by atoms with Crippen molar-refractivity contribution in [3.63, 3.8) is 0 Å². The van der Waals surface area contributed by atoms with E-state index in [0.29, 0.717) is 19.5 Å². The smallest absolute Gasteiger partial charge is 0.748 e. The van der Waals surface area contributed by atoms with Crippen LogP contribution < -0.4 is 60.9 Å². The normalized spacial score (nSPS) is 14.0. The minimum atomic E-state index is -4.37. The van der Waals surface area contributed by atoms with Gasteiger partial charge in [-0.1, -0.05) is 138 Å². The van der Waals surface area contributed by atoms with Crippen molar-refractivity contribution in [2.75, 3.05) is 23.0 Å². The van der Waals surface area contributed by atoms with Crippen LogP contribution in [-0.4, -0.2) is 44.0 Å². The third-order valence-corrected chi connectivity index (χ3v) is 13.2. The average molecular weight is 859 g/mol. The minimum Gasteiger partial charge on any atom is -0.748 e. The molecule has 0 N–H and O–H groups in total. The Balaban J connectivity index is 0.00000549. The largest absolute Gasteiger partial charge is 1.00 e. The van der Waals surface area contributed by atoms with E-state index in [-0.39, 0.29) is 64.2 Å². The molecule has 0 amide bonds. The molecule has 1 aliphatic rings. The summed E-state index contributed by atoms with van der Waals surface area (Å²) in [6, 6.07) is 42.8. The van der Waals surface area contributed by atoms with Gasteiger partial charge in [0.25, 0.3) is 5.01 Å². The number of hydrogen-bond donors (Lipinski definition) is 0. The molecule has 0 fully saturated rings. The molecule has 286 valence electrons. The van der Waals surface area contributed by atoms with Gasteiger partial charge in [-0.3, -0.25) is 0 Å². The van der Waals surface area contributed by atoms with Gasteiger partial charge < -0.3 is 14.0 Å². The zero-order chi connectivity index (χ0) is 39.1. The summed E-state index contributed by atoms with van der Waals surface area (Å²) in [7, 11) is -8.74. The molecule has 6 aromatic rings. The van der Waals surface area contributed by atoms with Crippen LogP contribution in [0.2, 0.25) is 0 Å². The quantitative estimate of drug-likeness (QED) is 0.0532. The van der Waals surface area contributed by atoms with Crippen LogP contribution >= 0.6 is 23.1 Å². The summed E-state index contributed by atoms with van der Waals surface area (Å²) in [6.07, 6.45) is 9.24. The first-order valence-electron chi connectivity index (χ1n) is 18.2. The number of allylic oxidation sites excluding steroid dienone is 4. The van der Waals surface area contributed by atoms with Gasteiger partial charge >= 0.3 is 51.4 Å². The second kappa shape index (κ2) is 19.7. The van der Waals surface area contributed by atoms with Crippen molar-refractivity contribution in [1.29, 1.82) is 0 Å². The maximum absolute atomic E-state index is 11.6. The molecule has 0 atom stereocenters. The van der Waals surface area contributed by atoms with Crippen LogP contribution in [0.3, 0.4) is 0 Å². The number of aryl methyl sites for hydroxylation is 1. The monoisotopic (exact) mass is 858 g/mol. The van der Waals surface area contributed by atoms with Gasteiger partial charge in [-0.25, -0.2) is 16.8 Å². The van der Waals surface area contributed by atoms with E-state index in [2.05, 4.69) is 70.1 Å². The number of fused-ring (bicyclic) bond motifs is 2. The molecule has 5 aromatic carbocycles. The van der Waals surface area contributed by atoms with E-state index >= 15 is 0 Å². The topological polar surface area (TPSA) is 122 Å². The van der Waals surface area contributed by atoms with E-state index in [0.717, 1.165) is 64.2 Å². The Morgan fingerprint density at radius 3 is 1.95 bits per heavy atom. The SMILES string of the molecule is O=S(=O)([O-])CCCN1\C(=C/C=C(/C=C/c2sc3ccc(-c4ccccc4)cc3[n+]2CCCS(=O)(=O)[O-])Cc2ccccc2)Sc2ccc(-c3ccccc3)cc21.[K+]. The van der Waals surface area contributed by atoms with E-state index in [9.17, 15) is 25.9 Å². The Bertz CT molecular complexity index is 2650.